The highest BCUT2D eigenvalue weighted by Gasteiger charge is 2.13. The predicted molar refractivity (Wildman–Crippen MR) is 98.6 cm³/mol. The molecule has 2 N–H and O–H groups in total. The van der Waals surface area contributed by atoms with Gasteiger partial charge in [0, 0.05) is 52.7 Å². The van der Waals surface area contributed by atoms with Gasteiger partial charge in [-0.05, 0) is 38.0 Å². The van der Waals surface area contributed by atoms with Gasteiger partial charge in [-0.2, -0.15) is 0 Å². The Kier molecular flexibility index (Phi) is 12.8. The van der Waals surface area contributed by atoms with Crippen LogP contribution >= 0.6 is 0 Å². The summed E-state index contributed by atoms with van der Waals surface area (Å²) in [5.41, 5.74) is 0. The molecule has 142 valence electrons. The zero-order valence-corrected chi connectivity index (χ0v) is 15.8. The van der Waals surface area contributed by atoms with Crippen molar-refractivity contribution in [3.8, 4) is 0 Å². The van der Waals surface area contributed by atoms with Crippen LogP contribution in [0.3, 0.4) is 0 Å². The van der Waals surface area contributed by atoms with Gasteiger partial charge in [-0.25, -0.2) is 0 Å². The van der Waals surface area contributed by atoms with Crippen LogP contribution in [0.25, 0.3) is 0 Å². The van der Waals surface area contributed by atoms with E-state index < -0.39 is 0 Å². The quantitative estimate of drug-likeness (QED) is 0.323. The Labute approximate surface area is 147 Å². The summed E-state index contributed by atoms with van der Waals surface area (Å²) in [6.07, 6.45) is 3.21. The van der Waals surface area contributed by atoms with Crippen molar-refractivity contribution in [3.05, 3.63) is 0 Å². The summed E-state index contributed by atoms with van der Waals surface area (Å²) >= 11 is 0. The van der Waals surface area contributed by atoms with Crippen molar-refractivity contribution in [3.63, 3.8) is 0 Å². The number of aliphatic imine (C=N–C) groups is 1. The van der Waals surface area contributed by atoms with Crippen LogP contribution in [-0.2, 0) is 14.2 Å². The van der Waals surface area contributed by atoms with Gasteiger partial charge < -0.3 is 24.8 Å². The Hall–Kier alpha value is -0.850. The molecule has 0 bridgehead atoms. The zero-order chi connectivity index (χ0) is 17.5. The molecule has 1 saturated heterocycles. The second-order valence-corrected chi connectivity index (χ2v) is 6.64. The van der Waals surface area contributed by atoms with E-state index in [0.29, 0.717) is 18.4 Å². The second kappa shape index (κ2) is 14.5. The van der Waals surface area contributed by atoms with E-state index in [1.807, 2.05) is 0 Å². The first kappa shape index (κ1) is 21.2. The van der Waals surface area contributed by atoms with Gasteiger partial charge in [0.25, 0.3) is 0 Å². The van der Waals surface area contributed by atoms with E-state index in [4.69, 9.17) is 14.2 Å². The first-order valence-corrected chi connectivity index (χ1v) is 9.47. The van der Waals surface area contributed by atoms with Gasteiger partial charge in [0.1, 0.15) is 0 Å². The lowest BCUT2D eigenvalue weighted by atomic mass is 10.0. The summed E-state index contributed by atoms with van der Waals surface area (Å²) in [6.45, 7) is 13.7. The SMILES string of the molecule is CCNC(=NCCCOCC1CCOCC1)NCCOCC(C)C. The molecule has 0 saturated carbocycles. The van der Waals surface area contributed by atoms with E-state index in [0.717, 1.165) is 77.9 Å². The maximum absolute atomic E-state index is 5.76. The monoisotopic (exact) mass is 343 g/mol. The minimum atomic E-state index is 0.577. The van der Waals surface area contributed by atoms with Gasteiger partial charge in [-0.1, -0.05) is 13.8 Å². The third-order valence-electron chi connectivity index (χ3n) is 3.75. The van der Waals surface area contributed by atoms with E-state index in [1.54, 1.807) is 0 Å². The van der Waals surface area contributed by atoms with E-state index in [-0.39, 0.29) is 0 Å². The first-order chi connectivity index (χ1) is 11.7. The third-order valence-corrected chi connectivity index (χ3v) is 3.75. The molecular formula is C18H37N3O3. The summed E-state index contributed by atoms with van der Waals surface area (Å²) in [5, 5.41) is 6.55. The van der Waals surface area contributed by atoms with Crippen LogP contribution in [0.1, 0.15) is 40.0 Å². The molecule has 0 aromatic heterocycles. The fraction of sp³-hybridized carbons (Fsp3) is 0.944. The molecule has 0 aliphatic carbocycles. The number of rotatable bonds is 12. The number of hydrogen-bond acceptors (Lipinski definition) is 4. The number of nitrogens with zero attached hydrogens (tertiary/aromatic N) is 1. The molecule has 6 nitrogen and oxygen atoms in total. The lowest BCUT2D eigenvalue weighted by Crippen LogP contribution is -2.39. The molecule has 0 radical (unpaired) electrons. The van der Waals surface area contributed by atoms with Gasteiger partial charge in [0.15, 0.2) is 5.96 Å². The molecule has 0 unspecified atom stereocenters. The van der Waals surface area contributed by atoms with Crippen LogP contribution in [0.2, 0.25) is 0 Å². The minimum absolute atomic E-state index is 0.577. The molecule has 24 heavy (non-hydrogen) atoms. The molecule has 0 atom stereocenters. The molecular weight excluding hydrogens is 306 g/mol. The third kappa shape index (κ3) is 11.6. The van der Waals surface area contributed by atoms with Crippen molar-refractivity contribution >= 4 is 5.96 Å². The van der Waals surface area contributed by atoms with Gasteiger partial charge >= 0.3 is 0 Å². The van der Waals surface area contributed by atoms with Crippen LogP contribution < -0.4 is 10.6 Å². The first-order valence-electron chi connectivity index (χ1n) is 9.47. The van der Waals surface area contributed by atoms with Crippen LogP contribution in [-0.4, -0.2) is 65.2 Å². The number of ether oxygens (including phenoxy) is 3. The van der Waals surface area contributed by atoms with Crippen LogP contribution in [0.15, 0.2) is 4.99 Å². The summed E-state index contributed by atoms with van der Waals surface area (Å²) in [4.78, 5) is 4.57. The normalized spacial score (nSPS) is 16.6. The average Bonchev–Trinajstić information content (AvgIpc) is 2.58. The summed E-state index contributed by atoms with van der Waals surface area (Å²) in [7, 11) is 0. The Morgan fingerprint density at radius 2 is 1.96 bits per heavy atom. The van der Waals surface area contributed by atoms with Crippen molar-refractivity contribution in [1.29, 1.82) is 0 Å². The number of guanidine groups is 1. The van der Waals surface area contributed by atoms with Crippen molar-refractivity contribution in [1.82, 2.24) is 10.6 Å². The van der Waals surface area contributed by atoms with Gasteiger partial charge in [-0.3, -0.25) is 4.99 Å². The molecule has 0 amide bonds. The molecule has 6 heteroatoms. The standard InChI is InChI=1S/C18H37N3O3/c1-4-19-18(21-9-13-24-14-16(2)3)20-8-5-10-23-15-17-6-11-22-12-7-17/h16-17H,4-15H2,1-3H3,(H2,19,20,21). The van der Waals surface area contributed by atoms with Crippen molar-refractivity contribution in [2.24, 2.45) is 16.8 Å². The molecule has 1 heterocycles. The Bertz CT molecular complexity index is 319. The van der Waals surface area contributed by atoms with Crippen molar-refractivity contribution < 1.29 is 14.2 Å². The lowest BCUT2D eigenvalue weighted by Gasteiger charge is -2.21. The maximum Gasteiger partial charge on any atom is 0.191 e. The number of nitrogens with one attached hydrogen (secondary N) is 2. The fourth-order valence-electron chi connectivity index (χ4n) is 2.42. The van der Waals surface area contributed by atoms with E-state index in [2.05, 4.69) is 36.4 Å². The molecule has 0 aromatic rings. The van der Waals surface area contributed by atoms with Crippen LogP contribution in [0.4, 0.5) is 0 Å². The van der Waals surface area contributed by atoms with Gasteiger partial charge in [-0.15, -0.1) is 0 Å². The molecule has 0 spiro atoms. The van der Waals surface area contributed by atoms with Crippen molar-refractivity contribution in [2.75, 3.05) is 59.3 Å². The Morgan fingerprint density at radius 3 is 2.67 bits per heavy atom. The predicted octanol–water partition coefficient (Wildman–Crippen LogP) is 2.05. The molecule has 1 aliphatic rings. The molecule has 0 aromatic carbocycles. The van der Waals surface area contributed by atoms with E-state index in [9.17, 15) is 0 Å². The number of hydrogen-bond donors (Lipinski definition) is 2. The highest BCUT2D eigenvalue weighted by Crippen LogP contribution is 2.14. The molecule has 1 fully saturated rings. The smallest absolute Gasteiger partial charge is 0.191 e. The fourth-order valence-corrected chi connectivity index (χ4v) is 2.42. The summed E-state index contributed by atoms with van der Waals surface area (Å²) in [5.74, 6) is 2.11. The Balaban J connectivity index is 2.04. The van der Waals surface area contributed by atoms with Crippen LogP contribution in [0, 0.1) is 11.8 Å². The molecule has 1 rings (SSSR count). The maximum atomic E-state index is 5.76. The Morgan fingerprint density at radius 1 is 1.17 bits per heavy atom. The summed E-state index contributed by atoms with van der Waals surface area (Å²) in [6, 6.07) is 0. The van der Waals surface area contributed by atoms with Crippen molar-refractivity contribution in [2.45, 2.75) is 40.0 Å². The average molecular weight is 344 g/mol. The van der Waals surface area contributed by atoms with Crippen LogP contribution in [0.5, 0.6) is 0 Å². The minimum Gasteiger partial charge on any atom is -0.381 e. The van der Waals surface area contributed by atoms with Gasteiger partial charge in [0.2, 0.25) is 0 Å². The largest absolute Gasteiger partial charge is 0.381 e. The lowest BCUT2D eigenvalue weighted by molar-refractivity contribution is 0.0205. The zero-order valence-electron chi connectivity index (χ0n) is 15.8. The van der Waals surface area contributed by atoms with E-state index >= 15 is 0 Å². The van der Waals surface area contributed by atoms with E-state index in [1.165, 1.54) is 0 Å². The topological polar surface area (TPSA) is 64.1 Å². The second-order valence-electron chi connectivity index (χ2n) is 6.64. The summed E-state index contributed by atoms with van der Waals surface area (Å²) < 4.78 is 16.7. The molecule has 1 aliphatic heterocycles. The van der Waals surface area contributed by atoms with Gasteiger partial charge in [0.05, 0.1) is 6.61 Å². The highest BCUT2D eigenvalue weighted by atomic mass is 16.5. The highest BCUT2D eigenvalue weighted by molar-refractivity contribution is 5.79.